The van der Waals surface area contributed by atoms with Crippen molar-refractivity contribution >= 4 is 21.9 Å². The number of methoxy groups -OCH3 is 1. The smallest absolute Gasteiger partial charge is 0.312 e. The van der Waals surface area contributed by atoms with E-state index in [1.54, 1.807) is 6.92 Å². The molecule has 0 heterocycles. The molecule has 6 heteroatoms. The van der Waals surface area contributed by atoms with E-state index in [0.717, 1.165) is 0 Å². The number of carbonyl (C=O) groups is 1. The van der Waals surface area contributed by atoms with Crippen LogP contribution in [0.25, 0.3) is 0 Å². The number of halogens is 2. The van der Waals surface area contributed by atoms with Gasteiger partial charge in [-0.15, -0.1) is 0 Å². The molecule has 0 aliphatic rings. The minimum absolute atomic E-state index is 0.0191. The van der Waals surface area contributed by atoms with Crippen LogP contribution in [0.1, 0.15) is 17.0 Å². The lowest BCUT2D eigenvalue weighted by atomic mass is 9.95. The average Bonchev–Trinajstić information content (AvgIpc) is 2.25. The normalized spacial score (nSPS) is 12.3. The van der Waals surface area contributed by atoms with Crippen molar-refractivity contribution in [3.05, 3.63) is 27.5 Å². The van der Waals surface area contributed by atoms with Crippen molar-refractivity contribution in [2.75, 3.05) is 13.7 Å². The van der Waals surface area contributed by atoms with Crippen LogP contribution in [0.2, 0.25) is 0 Å². The summed E-state index contributed by atoms with van der Waals surface area (Å²) in [6, 6.07) is 1.53. The Labute approximate surface area is 107 Å². The van der Waals surface area contributed by atoms with E-state index < -0.39 is 17.7 Å². The number of hydrogen-bond donors (Lipinski definition) is 2. The van der Waals surface area contributed by atoms with Gasteiger partial charge in [0.2, 0.25) is 0 Å². The lowest BCUT2D eigenvalue weighted by Gasteiger charge is -2.18. The van der Waals surface area contributed by atoms with Crippen LogP contribution in [0, 0.1) is 12.7 Å². The van der Waals surface area contributed by atoms with E-state index in [9.17, 15) is 9.18 Å². The topological polar surface area (TPSA) is 72.5 Å². The summed E-state index contributed by atoms with van der Waals surface area (Å²) in [5.41, 5.74) is 6.01. The number of nitrogens with two attached hydrogens (primary N) is 1. The summed E-state index contributed by atoms with van der Waals surface area (Å²) in [5.74, 6) is -2.72. The fourth-order valence-corrected chi connectivity index (χ4v) is 2.24. The van der Waals surface area contributed by atoms with Crippen LogP contribution >= 0.6 is 15.9 Å². The van der Waals surface area contributed by atoms with Crippen molar-refractivity contribution in [3.63, 3.8) is 0 Å². The molecular weight excluding hydrogens is 293 g/mol. The first-order valence-corrected chi connectivity index (χ1v) is 5.68. The van der Waals surface area contributed by atoms with E-state index in [2.05, 4.69) is 15.9 Å². The third kappa shape index (κ3) is 2.58. The first-order chi connectivity index (χ1) is 7.93. The van der Waals surface area contributed by atoms with Crippen LogP contribution in [0.4, 0.5) is 4.39 Å². The second kappa shape index (κ2) is 5.46. The Morgan fingerprint density at radius 3 is 2.71 bits per heavy atom. The molecule has 3 N–H and O–H groups in total. The molecule has 94 valence electrons. The average molecular weight is 306 g/mol. The lowest BCUT2D eigenvalue weighted by molar-refractivity contribution is -0.138. The molecule has 0 spiro atoms. The van der Waals surface area contributed by atoms with Crippen LogP contribution in [-0.2, 0) is 4.79 Å². The monoisotopic (exact) mass is 305 g/mol. The standard InChI is InChI=1S/C11H13BrFNO3/c1-5-3-7(12)9(13)8(10(5)17-2)6(4-14)11(15)16/h3,6H,4,14H2,1-2H3,(H,15,16). The van der Waals surface area contributed by atoms with Gasteiger partial charge >= 0.3 is 5.97 Å². The number of hydrogen-bond acceptors (Lipinski definition) is 3. The zero-order valence-electron chi connectivity index (χ0n) is 9.46. The van der Waals surface area contributed by atoms with Gasteiger partial charge in [0.1, 0.15) is 17.5 Å². The molecule has 1 unspecified atom stereocenters. The fraction of sp³-hybridized carbons (Fsp3) is 0.364. The van der Waals surface area contributed by atoms with Crippen molar-refractivity contribution < 1.29 is 19.0 Å². The molecule has 0 amide bonds. The van der Waals surface area contributed by atoms with Crippen LogP contribution < -0.4 is 10.5 Å². The van der Waals surface area contributed by atoms with Crippen molar-refractivity contribution in [2.24, 2.45) is 5.73 Å². The van der Waals surface area contributed by atoms with Gasteiger partial charge < -0.3 is 15.6 Å². The Hall–Kier alpha value is -1.14. The number of carboxylic acid groups (broad SMARTS) is 1. The predicted molar refractivity (Wildman–Crippen MR) is 64.8 cm³/mol. The zero-order chi connectivity index (χ0) is 13.2. The van der Waals surface area contributed by atoms with Crippen molar-refractivity contribution in [1.82, 2.24) is 0 Å². The number of carboxylic acids is 1. The minimum atomic E-state index is -1.18. The number of benzene rings is 1. The molecule has 0 saturated carbocycles. The second-order valence-corrected chi connectivity index (χ2v) is 4.42. The van der Waals surface area contributed by atoms with Crippen LogP contribution in [0.5, 0.6) is 5.75 Å². The quantitative estimate of drug-likeness (QED) is 0.893. The number of rotatable bonds is 4. The summed E-state index contributed by atoms with van der Waals surface area (Å²) < 4.78 is 19.2. The first-order valence-electron chi connectivity index (χ1n) is 4.89. The maximum Gasteiger partial charge on any atom is 0.312 e. The molecule has 0 aromatic heterocycles. The lowest BCUT2D eigenvalue weighted by Crippen LogP contribution is -2.23. The Bertz CT molecular complexity index is 451. The van der Waals surface area contributed by atoms with E-state index in [0.29, 0.717) is 5.56 Å². The molecular formula is C11H13BrFNO3. The van der Waals surface area contributed by atoms with Crippen molar-refractivity contribution in [3.8, 4) is 5.75 Å². The molecule has 0 radical (unpaired) electrons. The molecule has 1 rings (SSSR count). The molecule has 0 aliphatic heterocycles. The molecule has 0 saturated heterocycles. The van der Waals surface area contributed by atoms with Gasteiger partial charge in [0.25, 0.3) is 0 Å². The molecule has 0 bridgehead atoms. The van der Waals surface area contributed by atoms with Gasteiger partial charge in [-0.05, 0) is 34.5 Å². The summed E-state index contributed by atoms with van der Waals surface area (Å²) in [6.45, 7) is 1.51. The second-order valence-electron chi connectivity index (χ2n) is 3.56. The summed E-state index contributed by atoms with van der Waals surface area (Å²) in [4.78, 5) is 11.1. The summed E-state index contributed by atoms with van der Waals surface area (Å²) >= 11 is 3.04. The maximum atomic E-state index is 14.0. The molecule has 1 aromatic carbocycles. The fourth-order valence-electron chi connectivity index (χ4n) is 1.68. The SMILES string of the molecule is COc1c(C)cc(Br)c(F)c1C(CN)C(=O)O. The van der Waals surface area contributed by atoms with Crippen LogP contribution in [0.15, 0.2) is 10.5 Å². The molecule has 17 heavy (non-hydrogen) atoms. The molecule has 4 nitrogen and oxygen atoms in total. The highest BCUT2D eigenvalue weighted by atomic mass is 79.9. The van der Waals surface area contributed by atoms with Gasteiger partial charge in [0.15, 0.2) is 0 Å². The van der Waals surface area contributed by atoms with E-state index in [4.69, 9.17) is 15.6 Å². The number of aryl methyl sites for hydroxylation is 1. The minimum Gasteiger partial charge on any atom is -0.496 e. The highest BCUT2D eigenvalue weighted by molar-refractivity contribution is 9.10. The Morgan fingerprint density at radius 2 is 2.29 bits per heavy atom. The van der Waals surface area contributed by atoms with Crippen LogP contribution in [-0.4, -0.2) is 24.7 Å². The largest absolute Gasteiger partial charge is 0.496 e. The van der Waals surface area contributed by atoms with E-state index in [-0.39, 0.29) is 22.3 Å². The third-order valence-corrected chi connectivity index (χ3v) is 3.06. The van der Waals surface area contributed by atoms with Crippen molar-refractivity contribution in [2.45, 2.75) is 12.8 Å². The van der Waals surface area contributed by atoms with E-state index >= 15 is 0 Å². The zero-order valence-corrected chi connectivity index (χ0v) is 11.0. The number of aliphatic carboxylic acids is 1. The van der Waals surface area contributed by atoms with E-state index in [1.807, 2.05) is 0 Å². The van der Waals surface area contributed by atoms with Gasteiger partial charge in [0, 0.05) is 12.1 Å². The van der Waals surface area contributed by atoms with Gasteiger partial charge in [-0.2, -0.15) is 0 Å². The van der Waals surface area contributed by atoms with Crippen LogP contribution in [0.3, 0.4) is 0 Å². The molecule has 1 atom stereocenters. The first kappa shape index (κ1) is 13.9. The predicted octanol–water partition coefficient (Wildman–Crippen LogP) is 2.03. The van der Waals surface area contributed by atoms with Gasteiger partial charge in [-0.1, -0.05) is 0 Å². The third-order valence-electron chi connectivity index (χ3n) is 2.48. The van der Waals surface area contributed by atoms with Gasteiger partial charge in [0.05, 0.1) is 11.6 Å². The van der Waals surface area contributed by atoms with E-state index in [1.165, 1.54) is 13.2 Å². The molecule has 1 aromatic rings. The Balaban J connectivity index is 3.53. The molecule has 0 fully saturated rings. The highest BCUT2D eigenvalue weighted by Gasteiger charge is 2.28. The Morgan fingerprint density at radius 1 is 1.71 bits per heavy atom. The highest BCUT2D eigenvalue weighted by Crippen LogP contribution is 2.36. The Kier molecular flexibility index (Phi) is 4.47. The summed E-state index contributed by atoms with van der Waals surface area (Å²) in [6.07, 6.45) is 0. The van der Waals surface area contributed by atoms with Gasteiger partial charge in [-0.25, -0.2) is 4.39 Å². The van der Waals surface area contributed by atoms with Crippen molar-refractivity contribution in [1.29, 1.82) is 0 Å². The number of ether oxygens (including phenoxy) is 1. The summed E-state index contributed by atoms with van der Waals surface area (Å²) in [7, 11) is 1.37. The summed E-state index contributed by atoms with van der Waals surface area (Å²) in [5, 5.41) is 9.04. The van der Waals surface area contributed by atoms with Gasteiger partial charge in [-0.3, -0.25) is 4.79 Å². The molecule has 0 aliphatic carbocycles. The maximum absolute atomic E-state index is 14.0.